The summed E-state index contributed by atoms with van der Waals surface area (Å²) in [7, 11) is 2.08. The Hall–Kier alpha value is -1.30. The van der Waals surface area contributed by atoms with Gasteiger partial charge < -0.3 is 21.2 Å². The van der Waals surface area contributed by atoms with E-state index in [1.165, 1.54) is 0 Å². The smallest absolute Gasteiger partial charge is 0.231 e. The molecule has 104 valence electrons. The molecule has 1 aliphatic rings. The lowest BCUT2D eigenvalue weighted by atomic mass is 9.99. The summed E-state index contributed by atoms with van der Waals surface area (Å²) in [6, 6.07) is 0.208. The van der Waals surface area contributed by atoms with E-state index in [1.807, 2.05) is 6.92 Å². The number of likely N-dealkylation sites (tertiary alicyclic amines) is 1. The first kappa shape index (κ1) is 14.8. The number of rotatable bonds is 5. The maximum Gasteiger partial charge on any atom is 0.231 e. The molecule has 1 unspecified atom stereocenters. The number of nitrogens with one attached hydrogen (secondary N) is 1. The zero-order valence-corrected chi connectivity index (χ0v) is 11.2. The van der Waals surface area contributed by atoms with E-state index in [4.69, 9.17) is 10.9 Å². The molecule has 1 aliphatic heterocycles. The average Bonchev–Trinajstić information content (AvgIpc) is 2.37. The molecule has 0 bridgehead atoms. The first-order chi connectivity index (χ1) is 8.58. The van der Waals surface area contributed by atoms with Crippen LogP contribution >= 0.6 is 0 Å². The summed E-state index contributed by atoms with van der Waals surface area (Å²) in [6.07, 6.45) is 3.34. The fourth-order valence-corrected chi connectivity index (χ4v) is 2.23. The number of piperidine rings is 1. The van der Waals surface area contributed by atoms with Crippen molar-refractivity contribution in [2.75, 3.05) is 20.1 Å². The predicted octanol–water partition coefficient (Wildman–Crippen LogP) is 0.360. The normalized spacial score (nSPS) is 20.7. The van der Waals surface area contributed by atoms with E-state index in [1.54, 1.807) is 0 Å². The van der Waals surface area contributed by atoms with E-state index < -0.39 is 5.92 Å². The summed E-state index contributed by atoms with van der Waals surface area (Å²) in [4.78, 5) is 14.3. The molecule has 0 aromatic carbocycles. The molecule has 1 saturated heterocycles. The van der Waals surface area contributed by atoms with Crippen LogP contribution in [0.3, 0.4) is 0 Å². The van der Waals surface area contributed by atoms with Crippen LogP contribution in [0, 0.1) is 5.92 Å². The minimum absolute atomic E-state index is 0.00211. The third kappa shape index (κ3) is 4.18. The van der Waals surface area contributed by atoms with Crippen LogP contribution in [0.5, 0.6) is 0 Å². The second kappa shape index (κ2) is 7.20. The molecule has 6 heteroatoms. The summed E-state index contributed by atoms with van der Waals surface area (Å²) >= 11 is 0. The van der Waals surface area contributed by atoms with Gasteiger partial charge in [-0.1, -0.05) is 18.5 Å². The Kier molecular flexibility index (Phi) is 5.91. The fraction of sp³-hybridized carbons (Fsp3) is 0.833. The molecular formula is C12H24N4O2. The number of amidine groups is 1. The van der Waals surface area contributed by atoms with Crippen LogP contribution in [-0.4, -0.2) is 48.0 Å². The minimum atomic E-state index is -0.514. The Morgan fingerprint density at radius 1 is 1.56 bits per heavy atom. The first-order valence-electron chi connectivity index (χ1n) is 6.54. The van der Waals surface area contributed by atoms with Crippen molar-refractivity contribution in [2.24, 2.45) is 16.8 Å². The molecule has 18 heavy (non-hydrogen) atoms. The number of hydrogen-bond donors (Lipinski definition) is 3. The van der Waals surface area contributed by atoms with Crippen LogP contribution < -0.4 is 11.1 Å². The number of oxime groups is 1. The summed E-state index contributed by atoms with van der Waals surface area (Å²) in [6.45, 7) is 3.96. The minimum Gasteiger partial charge on any atom is -0.409 e. The molecule has 1 heterocycles. The van der Waals surface area contributed by atoms with Gasteiger partial charge in [0.2, 0.25) is 5.91 Å². The van der Waals surface area contributed by atoms with Gasteiger partial charge in [0.15, 0.2) is 5.84 Å². The van der Waals surface area contributed by atoms with E-state index in [0.717, 1.165) is 32.4 Å². The van der Waals surface area contributed by atoms with Crippen molar-refractivity contribution in [1.82, 2.24) is 10.2 Å². The van der Waals surface area contributed by atoms with Crippen LogP contribution in [0.1, 0.15) is 32.6 Å². The van der Waals surface area contributed by atoms with E-state index in [0.29, 0.717) is 6.42 Å². The molecule has 0 aliphatic carbocycles. The molecule has 0 spiro atoms. The van der Waals surface area contributed by atoms with Gasteiger partial charge in [-0.05, 0) is 39.4 Å². The van der Waals surface area contributed by atoms with Gasteiger partial charge in [-0.25, -0.2) is 0 Å². The Morgan fingerprint density at radius 2 is 2.17 bits per heavy atom. The van der Waals surface area contributed by atoms with Gasteiger partial charge in [-0.15, -0.1) is 0 Å². The molecule has 1 atom stereocenters. The monoisotopic (exact) mass is 256 g/mol. The molecule has 0 aromatic heterocycles. The number of amides is 1. The third-order valence-corrected chi connectivity index (χ3v) is 3.43. The lowest BCUT2D eigenvalue weighted by Crippen LogP contribution is -2.47. The third-order valence-electron chi connectivity index (χ3n) is 3.43. The first-order valence-corrected chi connectivity index (χ1v) is 6.54. The molecular weight excluding hydrogens is 232 g/mol. The van der Waals surface area contributed by atoms with Crippen molar-refractivity contribution in [3.05, 3.63) is 0 Å². The van der Waals surface area contributed by atoms with E-state index in [2.05, 4.69) is 22.4 Å². The van der Waals surface area contributed by atoms with Gasteiger partial charge in [0, 0.05) is 6.04 Å². The number of carbonyl (C=O) groups excluding carboxylic acids is 1. The van der Waals surface area contributed by atoms with Crippen LogP contribution in [0.25, 0.3) is 0 Å². The van der Waals surface area contributed by atoms with Gasteiger partial charge >= 0.3 is 0 Å². The summed E-state index contributed by atoms with van der Waals surface area (Å²) < 4.78 is 0. The SMILES string of the molecule is CCCC(C(=O)NC1CCN(C)CC1)C(N)=NO. The van der Waals surface area contributed by atoms with Crippen LogP contribution in [0.15, 0.2) is 5.16 Å². The molecule has 1 amide bonds. The van der Waals surface area contributed by atoms with Gasteiger partial charge in [-0.3, -0.25) is 4.79 Å². The molecule has 1 rings (SSSR count). The van der Waals surface area contributed by atoms with Crippen molar-refractivity contribution < 1.29 is 10.0 Å². The lowest BCUT2D eigenvalue weighted by molar-refractivity contribution is -0.124. The van der Waals surface area contributed by atoms with Crippen LogP contribution in [0.2, 0.25) is 0 Å². The Labute approximate surface area is 108 Å². The number of nitrogens with two attached hydrogens (primary N) is 1. The lowest BCUT2D eigenvalue weighted by Gasteiger charge is -2.30. The van der Waals surface area contributed by atoms with Gasteiger partial charge in [0.25, 0.3) is 0 Å². The van der Waals surface area contributed by atoms with Crippen molar-refractivity contribution >= 4 is 11.7 Å². The molecule has 0 aromatic rings. The van der Waals surface area contributed by atoms with E-state index >= 15 is 0 Å². The highest BCUT2D eigenvalue weighted by Gasteiger charge is 2.26. The van der Waals surface area contributed by atoms with Gasteiger partial charge in [0.05, 0.1) is 5.92 Å². The van der Waals surface area contributed by atoms with Crippen LogP contribution in [-0.2, 0) is 4.79 Å². The number of hydrogen-bond acceptors (Lipinski definition) is 4. The zero-order chi connectivity index (χ0) is 13.5. The highest BCUT2D eigenvalue weighted by atomic mass is 16.4. The Bertz CT molecular complexity index is 298. The van der Waals surface area contributed by atoms with Gasteiger partial charge in [-0.2, -0.15) is 0 Å². The summed E-state index contributed by atoms with van der Waals surface area (Å²) in [5, 5.41) is 14.7. The molecule has 4 N–H and O–H groups in total. The van der Waals surface area contributed by atoms with Crippen molar-refractivity contribution in [3.63, 3.8) is 0 Å². The molecule has 0 radical (unpaired) electrons. The van der Waals surface area contributed by atoms with Crippen LogP contribution in [0.4, 0.5) is 0 Å². The fourth-order valence-electron chi connectivity index (χ4n) is 2.23. The predicted molar refractivity (Wildman–Crippen MR) is 70.5 cm³/mol. The molecule has 6 nitrogen and oxygen atoms in total. The standard InChI is InChI=1S/C12H24N4O2/c1-3-4-10(11(13)15-18)12(17)14-9-5-7-16(2)8-6-9/h9-10,18H,3-8H2,1-2H3,(H2,13,15)(H,14,17). The summed E-state index contributed by atoms with van der Waals surface area (Å²) in [5.41, 5.74) is 5.56. The second-order valence-corrected chi connectivity index (χ2v) is 4.95. The molecule has 0 saturated carbocycles. The maximum atomic E-state index is 12.1. The maximum absolute atomic E-state index is 12.1. The quantitative estimate of drug-likeness (QED) is 0.287. The second-order valence-electron chi connectivity index (χ2n) is 4.95. The van der Waals surface area contributed by atoms with Crippen molar-refractivity contribution in [1.29, 1.82) is 0 Å². The number of nitrogens with zero attached hydrogens (tertiary/aromatic N) is 2. The Morgan fingerprint density at radius 3 is 2.67 bits per heavy atom. The topological polar surface area (TPSA) is 91.0 Å². The average molecular weight is 256 g/mol. The highest BCUT2D eigenvalue weighted by molar-refractivity contribution is 6.02. The highest BCUT2D eigenvalue weighted by Crippen LogP contribution is 2.12. The summed E-state index contributed by atoms with van der Waals surface area (Å²) in [5.74, 6) is -0.636. The van der Waals surface area contributed by atoms with E-state index in [9.17, 15) is 4.79 Å². The molecule has 1 fully saturated rings. The van der Waals surface area contributed by atoms with Crippen molar-refractivity contribution in [3.8, 4) is 0 Å². The van der Waals surface area contributed by atoms with Gasteiger partial charge in [0.1, 0.15) is 0 Å². The zero-order valence-electron chi connectivity index (χ0n) is 11.2. The number of carbonyl (C=O) groups is 1. The van der Waals surface area contributed by atoms with E-state index in [-0.39, 0.29) is 17.8 Å². The largest absolute Gasteiger partial charge is 0.409 e. The van der Waals surface area contributed by atoms with Crippen molar-refractivity contribution in [2.45, 2.75) is 38.6 Å². The Balaban J connectivity index is 2.51.